The summed E-state index contributed by atoms with van der Waals surface area (Å²) in [4.78, 5) is 9.39. The third kappa shape index (κ3) is 5.54. The van der Waals surface area contributed by atoms with Crippen LogP contribution in [0.4, 0.5) is 10.2 Å². The quantitative estimate of drug-likeness (QED) is 0.395. The molecular formula is C25H29FN8O2S. The minimum Gasteiger partial charge on any atom is -0.366 e. The Morgan fingerprint density at radius 1 is 0.973 bits per heavy atom. The molecule has 0 bridgehead atoms. The Labute approximate surface area is 215 Å². The number of nitrogens with one attached hydrogen (secondary N) is 1. The van der Waals surface area contributed by atoms with Gasteiger partial charge in [-0.15, -0.1) is 0 Å². The van der Waals surface area contributed by atoms with E-state index in [4.69, 9.17) is 4.98 Å². The molecule has 0 atom stereocenters. The maximum atomic E-state index is 15.7. The van der Waals surface area contributed by atoms with Crippen molar-refractivity contribution in [3.63, 3.8) is 0 Å². The van der Waals surface area contributed by atoms with Gasteiger partial charge in [0, 0.05) is 68.0 Å². The molecule has 10 nitrogen and oxygen atoms in total. The summed E-state index contributed by atoms with van der Waals surface area (Å²) in [6.07, 6.45) is 10.4. The fraction of sp³-hybridized carbons (Fsp3) is 0.360. The van der Waals surface area contributed by atoms with Crippen molar-refractivity contribution < 1.29 is 12.8 Å². The van der Waals surface area contributed by atoms with Gasteiger partial charge < -0.3 is 5.32 Å². The van der Waals surface area contributed by atoms with Crippen LogP contribution >= 0.6 is 0 Å². The molecule has 0 radical (unpaired) electrons. The molecular weight excluding hydrogens is 495 g/mol. The number of hydrogen-bond acceptors (Lipinski definition) is 7. The van der Waals surface area contributed by atoms with Gasteiger partial charge in [-0.05, 0) is 24.5 Å². The fourth-order valence-electron chi connectivity index (χ4n) is 4.47. The number of alkyl halides is 1. The van der Waals surface area contributed by atoms with Crippen LogP contribution in [0.3, 0.4) is 0 Å². The summed E-state index contributed by atoms with van der Waals surface area (Å²) in [7, 11) is 0.360. The van der Waals surface area contributed by atoms with Gasteiger partial charge in [0.2, 0.25) is 10.0 Å². The Morgan fingerprint density at radius 3 is 2.24 bits per heavy atom. The maximum absolute atomic E-state index is 15.7. The number of halogens is 1. The number of nitrogens with zero attached hydrogens (tertiary/aromatic N) is 7. The van der Waals surface area contributed by atoms with Crippen molar-refractivity contribution in [1.82, 2.24) is 33.8 Å². The number of sulfonamides is 1. The predicted molar refractivity (Wildman–Crippen MR) is 140 cm³/mol. The first-order valence-corrected chi connectivity index (χ1v) is 13.8. The maximum Gasteiger partial charge on any atom is 0.211 e. The van der Waals surface area contributed by atoms with Crippen LogP contribution in [0.25, 0.3) is 33.6 Å². The largest absolute Gasteiger partial charge is 0.366 e. The monoisotopic (exact) mass is 524 g/mol. The highest BCUT2D eigenvalue weighted by molar-refractivity contribution is 7.88. The number of rotatable bonds is 7. The Hall–Kier alpha value is -3.64. The van der Waals surface area contributed by atoms with E-state index in [9.17, 15) is 8.42 Å². The molecule has 1 fully saturated rings. The Balaban J connectivity index is 1.43. The van der Waals surface area contributed by atoms with Crippen molar-refractivity contribution >= 4 is 15.8 Å². The third-order valence-corrected chi connectivity index (χ3v) is 7.93. The number of aromatic nitrogens is 6. The van der Waals surface area contributed by atoms with E-state index >= 15 is 4.39 Å². The van der Waals surface area contributed by atoms with Gasteiger partial charge in [-0.25, -0.2) is 27.1 Å². The van der Waals surface area contributed by atoms with E-state index in [-0.39, 0.29) is 32.5 Å². The second kappa shape index (κ2) is 9.67. The third-order valence-electron chi connectivity index (χ3n) is 6.62. The smallest absolute Gasteiger partial charge is 0.211 e. The summed E-state index contributed by atoms with van der Waals surface area (Å²) in [5.41, 5.74) is 2.74. The second-order valence-corrected chi connectivity index (χ2v) is 11.5. The average molecular weight is 525 g/mol. The van der Waals surface area contributed by atoms with Crippen molar-refractivity contribution in [2.24, 2.45) is 14.1 Å². The molecule has 4 heterocycles. The molecule has 194 valence electrons. The lowest BCUT2D eigenvalue weighted by molar-refractivity contribution is 0.102. The molecule has 0 unspecified atom stereocenters. The van der Waals surface area contributed by atoms with Gasteiger partial charge in [0.05, 0.1) is 25.2 Å². The number of anilines is 1. The first-order chi connectivity index (χ1) is 17.6. The lowest BCUT2D eigenvalue weighted by Gasteiger charge is -2.35. The van der Waals surface area contributed by atoms with Gasteiger partial charge in [0.25, 0.3) is 0 Å². The highest BCUT2D eigenvalue weighted by atomic mass is 32.2. The molecule has 4 aromatic rings. The number of hydrogen-bond donors (Lipinski definition) is 1. The van der Waals surface area contributed by atoms with E-state index in [2.05, 4.69) is 20.5 Å². The Bertz CT molecular complexity index is 1520. The molecule has 0 saturated carbocycles. The average Bonchev–Trinajstić information content (AvgIpc) is 3.50. The molecule has 1 aliphatic heterocycles. The van der Waals surface area contributed by atoms with E-state index in [0.717, 1.165) is 28.5 Å². The van der Waals surface area contributed by atoms with E-state index in [1.807, 2.05) is 50.8 Å². The van der Waals surface area contributed by atoms with Crippen LogP contribution < -0.4 is 5.32 Å². The zero-order valence-corrected chi connectivity index (χ0v) is 21.8. The minimum atomic E-state index is -3.33. The standard InChI is InChI=1S/C25H29FN8O2S/c1-32-15-20(12-29-32)18-5-4-6-19(11-18)23-27-14-22(21-13-30-33(2)16-21)24(31-23)28-17-25(26)7-9-34(10-8-25)37(3,35)36/h4-6,11-16H,7-10,17H2,1-3H3,(H,27,28,31). The number of piperidine rings is 1. The number of benzene rings is 1. The van der Waals surface area contributed by atoms with Gasteiger partial charge in [-0.2, -0.15) is 10.2 Å². The van der Waals surface area contributed by atoms with Crippen LogP contribution in [-0.4, -0.2) is 73.8 Å². The van der Waals surface area contributed by atoms with E-state index in [1.165, 1.54) is 4.31 Å². The molecule has 3 aromatic heterocycles. The molecule has 1 saturated heterocycles. The highest BCUT2D eigenvalue weighted by Gasteiger charge is 2.37. The molecule has 0 aliphatic carbocycles. The summed E-state index contributed by atoms with van der Waals surface area (Å²) < 4.78 is 44.1. The van der Waals surface area contributed by atoms with Gasteiger partial charge in [0.15, 0.2) is 5.82 Å². The molecule has 37 heavy (non-hydrogen) atoms. The normalized spacial score (nSPS) is 16.1. The highest BCUT2D eigenvalue weighted by Crippen LogP contribution is 2.32. The van der Waals surface area contributed by atoms with Gasteiger partial charge in [0.1, 0.15) is 11.5 Å². The fourth-order valence-corrected chi connectivity index (χ4v) is 5.32. The van der Waals surface area contributed by atoms with Crippen LogP contribution in [-0.2, 0) is 24.1 Å². The molecule has 1 N–H and O–H groups in total. The molecule has 1 aliphatic rings. The Morgan fingerprint density at radius 2 is 1.62 bits per heavy atom. The van der Waals surface area contributed by atoms with Crippen LogP contribution in [0.15, 0.2) is 55.2 Å². The molecule has 12 heteroatoms. The topological polar surface area (TPSA) is 111 Å². The van der Waals surface area contributed by atoms with Crippen molar-refractivity contribution in [3.8, 4) is 33.6 Å². The van der Waals surface area contributed by atoms with Gasteiger partial charge in [-0.1, -0.05) is 18.2 Å². The summed E-state index contributed by atoms with van der Waals surface area (Å²) in [5, 5.41) is 11.7. The van der Waals surface area contributed by atoms with Crippen LogP contribution in [0.5, 0.6) is 0 Å². The lowest BCUT2D eigenvalue weighted by Crippen LogP contribution is -2.47. The van der Waals surface area contributed by atoms with Crippen molar-refractivity contribution in [2.45, 2.75) is 18.5 Å². The van der Waals surface area contributed by atoms with Crippen LogP contribution in [0.2, 0.25) is 0 Å². The molecule has 1 aromatic carbocycles. The summed E-state index contributed by atoms with van der Waals surface area (Å²) in [6.45, 7) is 0.315. The van der Waals surface area contributed by atoms with E-state index in [1.54, 1.807) is 28.0 Å². The van der Waals surface area contributed by atoms with Crippen molar-refractivity contribution in [2.75, 3.05) is 31.2 Å². The first kappa shape index (κ1) is 25.0. The second-order valence-electron chi connectivity index (χ2n) is 9.51. The zero-order chi connectivity index (χ0) is 26.2. The van der Waals surface area contributed by atoms with E-state index < -0.39 is 15.7 Å². The summed E-state index contributed by atoms with van der Waals surface area (Å²) >= 11 is 0. The predicted octanol–water partition coefficient (Wildman–Crippen LogP) is 3.12. The van der Waals surface area contributed by atoms with Crippen LogP contribution in [0, 0.1) is 0 Å². The molecule has 5 rings (SSSR count). The summed E-state index contributed by atoms with van der Waals surface area (Å²) in [5.74, 6) is 0.994. The van der Waals surface area contributed by atoms with E-state index in [0.29, 0.717) is 17.2 Å². The first-order valence-electron chi connectivity index (χ1n) is 11.9. The van der Waals surface area contributed by atoms with Crippen molar-refractivity contribution in [3.05, 3.63) is 55.2 Å². The zero-order valence-electron chi connectivity index (χ0n) is 21.0. The minimum absolute atomic E-state index is 0.00401. The van der Waals surface area contributed by atoms with Crippen LogP contribution in [0.1, 0.15) is 12.8 Å². The SMILES string of the molecule is Cn1cc(-c2cccc(-c3ncc(-c4cnn(C)c4)c(NCC4(F)CCN(S(C)(=O)=O)CC4)n3)c2)cn1. The Kier molecular flexibility index (Phi) is 6.54. The van der Waals surface area contributed by atoms with Gasteiger partial charge in [-0.3, -0.25) is 9.36 Å². The molecule has 0 spiro atoms. The lowest BCUT2D eigenvalue weighted by atomic mass is 9.94. The number of aryl methyl sites for hydroxylation is 2. The van der Waals surface area contributed by atoms with Gasteiger partial charge >= 0.3 is 0 Å². The summed E-state index contributed by atoms with van der Waals surface area (Å²) in [6, 6.07) is 7.87. The molecule has 0 amide bonds. The van der Waals surface area contributed by atoms with Crippen molar-refractivity contribution in [1.29, 1.82) is 0 Å².